The van der Waals surface area contributed by atoms with Gasteiger partial charge in [-0.05, 0) is 52.6 Å². The molecule has 1 aliphatic heterocycles. The monoisotopic (exact) mass is 530 g/mol. The van der Waals surface area contributed by atoms with Crippen LogP contribution in [0.1, 0.15) is 24.0 Å². The first-order valence-corrected chi connectivity index (χ1v) is 14.2. The molecule has 7 heteroatoms. The highest BCUT2D eigenvalue weighted by molar-refractivity contribution is 7.91. The van der Waals surface area contributed by atoms with Gasteiger partial charge < -0.3 is 19.1 Å². The minimum atomic E-state index is -0.836. The first-order chi connectivity index (χ1) is 18.3. The third kappa shape index (κ3) is 7.05. The van der Waals surface area contributed by atoms with E-state index >= 15 is 0 Å². The zero-order chi connectivity index (χ0) is 27.1. The third-order valence-corrected chi connectivity index (χ3v) is 8.19. The molecule has 0 aromatic heterocycles. The van der Waals surface area contributed by atoms with Gasteiger partial charge in [0.2, 0.25) is 5.91 Å². The fourth-order valence-electron chi connectivity index (χ4n) is 4.52. The van der Waals surface area contributed by atoms with Gasteiger partial charge >= 0.3 is 5.97 Å². The van der Waals surface area contributed by atoms with E-state index in [-0.39, 0.29) is 11.8 Å². The van der Waals surface area contributed by atoms with E-state index in [4.69, 9.17) is 4.74 Å². The lowest BCUT2D eigenvalue weighted by molar-refractivity contribution is -0.134. The molecule has 1 heterocycles. The first-order valence-electron chi connectivity index (χ1n) is 12.7. The van der Waals surface area contributed by atoms with Gasteiger partial charge in [0.15, 0.2) is 0 Å². The number of nitrogens with zero attached hydrogens (tertiary/aromatic N) is 2. The molecule has 3 aromatic rings. The van der Waals surface area contributed by atoms with E-state index in [1.165, 1.54) is 13.2 Å². The van der Waals surface area contributed by atoms with Crippen LogP contribution in [-0.2, 0) is 32.0 Å². The Hall–Kier alpha value is -3.55. The van der Waals surface area contributed by atoms with Crippen molar-refractivity contribution in [1.82, 2.24) is 0 Å². The molecule has 0 bridgehead atoms. The summed E-state index contributed by atoms with van der Waals surface area (Å²) in [6.07, 6.45) is 4.31. The summed E-state index contributed by atoms with van der Waals surface area (Å²) in [5, 5.41) is 0. The number of hydrogen-bond donors (Lipinski definition) is 0. The van der Waals surface area contributed by atoms with Gasteiger partial charge in [0.1, 0.15) is 11.5 Å². The Morgan fingerprint density at radius 3 is 2.18 bits per heavy atom. The number of rotatable bonds is 8. The number of carbonyl (C=O) groups excluding carboxylic acids is 2. The first kappa shape index (κ1) is 27.5. The number of anilines is 2. The number of benzene rings is 3. The number of methoxy groups -OCH3 is 1. The molecule has 0 radical (unpaired) electrons. The minimum absolute atomic E-state index is 0.0409. The maximum atomic E-state index is 13.7. The predicted molar refractivity (Wildman–Crippen MR) is 155 cm³/mol. The number of hydrogen-bond acceptors (Lipinski definition) is 5. The van der Waals surface area contributed by atoms with Crippen molar-refractivity contribution in [2.75, 3.05) is 42.5 Å². The summed E-state index contributed by atoms with van der Waals surface area (Å²) in [6.45, 7) is 0.419. The summed E-state index contributed by atoms with van der Waals surface area (Å²) in [4.78, 5) is 29.2. The molecule has 0 unspecified atom stereocenters. The highest BCUT2D eigenvalue weighted by atomic mass is 32.2. The zero-order valence-electron chi connectivity index (χ0n) is 22.1. The van der Waals surface area contributed by atoms with Gasteiger partial charge in [0.25, 0.3) is 0 Å². The van der Waals surface area contributed by atoms with Crippen LogP contribution in [0.4, 0.5) is 11.4 Å². The van der Waals surface area contributed by atoms with Crippen LogP contribution in [0.5, 0.6) is 0 Å². The highest BCUT2D eigenvalue weighted by Crippen LogP contribution is 2.28. The summed E-state index contributed by atoms with van der Waals surface area (Å²) >= 11 is -0.836. The summed E-state index contributed by atoms with van der Waals surface area (Å²) in [7, 11) is 5.38. The SMILES string of the molecule is COC(=O)/C=C/c1cccc(N(Cc2ccc(-c3ccc(N(C)C)cc3)cc2)C(=O)C2CC[S+]([O-])CC2)c1. The second kappa shape index (κ2) is 12.8. The van der Waals surface area contributed by atoms with Gasteiger partial charge in [-0.25, -0.2) is 4.79 Å². The van der Waals surface area contributed by atoms with Gasteiger partial charge in [0.05, 0.1) is 13.7 Å². The molecule has 198 valence electrons. The third-order valence-electron chi connectivity index (χ3n) is 6.81. The quantitative estimate of drug-likeness (QED) is 0.225. The van der Waals surface area contributed by atoms with Crippen LogP contribution < -0.4 is 9.80 Å². The Kier molecular flexibility index (Phi) is 9.26. The minimum Gasteiger partial charge on any atom is -0.616 e. The standard InChI is InChI=1S/C31H34N2O4S/c1-32(2)28-14-12-26(13-15-28)25-10-7-24(8-11-25)22-33(31(35)27-17-19-38(36)20-18-27)29-6-4-5-23(21-29)9-16-30(34)37-3/h4-16,21,27H,17-20,22H2,1-3H3/b16-9+. The average molecular weight is 531 g/mol. The molecule has 4 rings (SSSR count). The Labute approximate surface area is 228 Å². The lowest BCUT2D eigenvalue weighted by atomic mass is 9.99. The van der Waals surface area contributed by atoms with Crippen LogP contribution in [0.25, 0.3) is 17.2 Å². The Morgan fingerprint density at radius 2 is 1.58 bits per heavy atom. The van der Waals surface area contributed by atoms with Crippen LogP contribution in [0.3, 0.4) is 0 Å². The van der Waals surface area contributed by atoms with E-state index in [1.54, 1.807) is 6.08 Å². The van der Waals surface area contributed by atoms with Crippen LogP contribution >= 0.6 is 0 Å². The molecule has 0 atom stereocenters. The van der Waals surface area contributed by atoms with Crippen molar-refractivity contribution in [2.24, 2.45) is 5.92 Å². The lowest BCUT2D eigenvalue weighted by Crippen LogP contribution is -2.39. The smallest absolute Gasteiger partial charge is 0.330 e. The fraction of sp³-hybridized carbons (Fsp3) is 0.290. The van der Waals surface area contributed by atoms with Crippen molar-refractivity contribution < 1.29 is 18.9 Å². The lowest BCUT2D eigenvalue weighted by Gasteiger charge is -2.30. The molecule has 0 aliphatic carbocycles. The molecule has 6 nitrogen and oxygen atoms in total. The normalized spacial score (nSPS) is 17.3. The summed E-state index contributed by atoms with van der Waals surface area (Å²) < 4.78 is 16.6. The van der Waals surface area contributed by atoms with E-state index in [0.29, 0.717) is 30.9 Å². The molecule has 38 heavy (non-hydrogen) atoms. The highest BCUT2D eigenvalue weighted by Gasteiger charge is 2.31. The van der Waals surface area contributed by atoms with E-state index < -0.39 is 17.1 Å². The molecule has 1 fully saturated rings. The second-order valence-corrected chi connectivity index (χ2v) is 11.3. The fourth-order valence-corrected chi connectivity index (χ4v) is 5.82. The average Bonchev–Trinajstić information content (AvgIpc) is 2.95. The van der Waals surface area contributed by atoms with E-state index in [9.17, 15) is 14.1 Å². The number of ether oxygens (including phenoxy) is 1. The Morgan fingerprint density at radius 1 is 0.947 bits per heavy atom. The van der Waals surface area contributed by atoms with Gasteiger partial charge in [-0.2, -0.15) is 0 Å². The van der Waals surface area contributed by atoms with E-state index in [2.05, 4.69) is 53.4 Å². The molecule has 1 aliphatic rings. The van der Waals surface area contributed by atoms with Crippen molar-refractivity contribution in [3.05, 3.63) is 90.0 Å². The van der Waals surface area contributed by atoms with Crippen molar-refractivity contribution >= 4 is 40.5 Å². The van der Waals surface area contributed by atoms with Crippen LogP contribution in [-0.4, -0.2) is 49.1 Å². The number of esters is 1. The summed E-state index contributed by atoms with van der Waals surface area (Å²) in [5.41, 5.74) is 5.97. The second-order valence-electron chi connectivity index (χ2n) is 9.64. The maximum Gasteiger partial charge on any atom is 0.330 e. The summed E-state index contributed by atoms with van der Waals surface area (Å²) in [6, 6.07) is 24.3. The van der Waals surface area contributed by atoms with Gasteiger partial charge in [-0.15, -0.1) is 0 Å². The molecule has 0 N–H and O–H groups in total. The van der Waals surface area contributed by atoms with Crippen molar-refractivity contribution in [2.45, 2.75) is 19.4 Å². The molecular formula is C31H34N2O4S. The molecule has 3 aromatic carbocycles. The Bertz CT molecular complexity index is 1260. The van der Waals surface area contributed by atoms with Crippen LogP contribution in [0, 0.1) is 5.92 Å². The van der Waals surface area contributed by atoms with Crippen molar-refractivity contribution in [3.8, 4) is 11.1 Å². The maximum absolute atomic E-state index is 13.7. The van der Waals surface area contributed by atoms with Gasteiger partial charge in [-0.1, -0.05) is 59.7 Å². The van der Waals surface area contributed by atoms with Crippen LogP contribution in [0.15, 0.2) is 78.9 Å². The van der Waals surface area contributed by atoms with E-state index in [1.807, 2.05) is 43.3 Å². The number of amides is 1. The zero-order valence-corrected chi connectivity index (χ0v) is 22.9. The molecule has 0 spiro atoms. The van der Waals surface area contributed by atoms with E-state index in [0.717, 1.165) is 33.6 Å². The van der Waals surface area contributed by atoms with Crippen molar-refractivity contribution in [1.29, 1.82) is 0 Å². The Balaban J connectivity index is 1.58. The molecule has 1 amide bonds. The predicted octanol–water partition coefficient (Wildman–Crippen LogP) is 5.30. The number of carbonyl (C=O) groups is 2. The molecular weight excluding hydrogens is 496 g/mol. The molecule has 1 saturated heterocycles. The topological polar surface area (TPSA) is 72.9 Å². The van der Waals surface area contributed by atoms with Gasteiger partial charge in [0, 0.05) is 50.3 Å². The van der Waals surface area contributed by atoms with Crippen LogP contribution in [0.2, 0.25) is 0 Å². The van der Waals surface area contributed by atoms with Crippen molar-refractivity contribution in [3.63, 3.8) is 0 Å². The molecule has 0 saturated carbocycles. The largest absolute Gasteiger partial charge is 0.616 e. The van der Waals surface area contributed by atoms with Gasteiger partial charge in [-0.3, -0.25) is 4.79 Å². The summed E-state index contributed by atoms with van der Waals surface area (Å²) in [5.74, 6) is 0.576.